The van der Waals surface area contributed by atoms with Crippen LogP contribution in [0.3, 0.4) is 0 Å². The Hall–Kier alpha value is -0.120. The summed E-state index contributed by atoms with van der Waals surface area (Å²) in [6.07, 6.45) is 8.48. The SMILES string of the molecule is CC1CCC(CNC2CC2)(CN2CCOCC2C)CC1. The zero-order valence-corrected chi connectivity index (χ0v) is 13.4. The Kier molecular flexibility index (Phi) is 4.68. The van der Waals surface area contributed by atoms with Gasteiger partial charge in [-0.15, -0.1) is 0 Å². The van der Waals surface area contributed by atoms with Gasteiger partial charge in [0.1, 0.15) is 0 Å². The number of hydrogen-bond acceptors (Lipinski definition) is 3. The summed E-state index contributed by atoms with van der Waals surface area (Å²) in [5.41, 5.74) is 0.528. The first kappa shape index (κ1) is 14.8. The molecule has 2 saturated carbocycles. The van der Waals surface area contributed by atoms with Crippen molar-refractivity contribution in [1.29, 1.82) is 0 Å². The Morgan fingerprint density at radius 2 is 1.90 bits per heavy atom. The first-order valence-corrected chi connectivity index (χ1v) is 8.72. The number of nitrogens with one attached hydrogen (secondary N) is 1. The molecule has 20 heavy (non-hydrogen) atoms. The first-order chi connectivity index (χ1) is 9.67. The van der Waals surface area contributed by atoms with E-state index < -0.39 is 0 Å². The number of morpholine rings is 1. The van der Waals surface area contributed by atoms with Gasteiger partial charge in [0.15, 0.2) is 0 Å². The van der Waals surface area contributed by atoms with Gasteiger partial charge in [0, 0.05) is 31.7 Å². The highest BCUT2D eigenvalue weighted by molar-refractivity contribution is 4.93. The topological polar surface area (TPSA) is 24.5 Å². The Labute approximate surface area is 124 Å². The van der Waals surface area contributed by atoms with Crippen molar-refractivity contribution in [2.75, 3.05) is 32.8 Å². The molecule has 2 aliphatic carbocycles. The van der Waals surface area contributed by atoms with E-state index >= 15 is 0 Å². The predicted molar refractivity (Wildman–Crippen MR) is 82.9 cm³/mol. The van der Waals surface area contributed by atoms with E-state index in [4.69, 9.17) is 4.74 Å². The summed E-state index contributed by atoms with van der Waals surface area (Å²) in [7, 11) is 0. The lowest BCUT2D eigenvalue weighted by atomic mass is 9.70. The third-order valence-corrected chi connectivity index (χ3v) is 5.72. The van der Waals surface area contributed by atoms with Gasteiger partial charge in [0.25, 0.3) is 0 Å². The van der Waals surface area contributed by atoms with Crippen molar-refractivity contribution >= 4 is 0 Å². The van der Waals surface area contributed by atoms with Crippen LogP contribution >= 0.6 is 0 Å². The highest BCUT2D eigenvalue weighted by Crippen LogP contribution is 2.40. The molecule has 0 aromatic heterocycles. The van der Waals surface area contributed by atoms with E-state index in [2.05, 4.69) is 24.1 Å². The van der Waals surface area contributed by atoms with Crippen LogP contribution in [0.2, 0.25) is 0 Å². The fourth-order valence-electron chi connectivity index (χ4n) is 3.84. The van der Waals surface area contributed by atoms with Crippen LogP contribution in [0.5, 0.6) is 0 Å². The van der Waals surface area contributed by atoms with Crippen molar-refractivity contribution in [2.45, 2.75) is 64.5 Å². The van der Waals surface area contributed by atoms with E-state index in [1.54, 1.807) is 0 Å². The molecule has 3 heteroatoms. The normalized spacial score (nSPS) is 39.9. The molecule has 0 aromatic rings. The van der Waals surface area contributed by atoms with Gasteiger partial charge in [0.05, 0.1) is 13.2 Å². The fraction of sp³-hybridized carbons (Fsp3) is 1.00. The van der Waals surface area contributed by atoms with Crippen LogP contribution in [0.25, 0.3) is 0 Å². The van der Waals surface area contributed by atoms with Crippen molar-refractivity contribution in [3.05, 3.63) is 0 Å². The van der Waals surface area contributed by atoms with E-state index in [9.17, 15) is 0 Å². The van der Waals surface area contributed by atoms with Crippen LogP contribution in [-0.2, 0) is 4.74 Å². The first-order valence-electron chi connectivity index (χ1n) is 8.72. The van der Waals surface area contributed by atoms with E-state index in [1.807, 2.05) is 0 Å². The van der Waals surface area contributed by atoms with Crippen LogP contribution < -0.4 is 5.32 Å². The Bertz CT molecular complexity index is 308. The monoisotopic (exact) mass is 280 g/mol. The minimum atomic E-state index is 0.528. The van der Waals surface area contributed by atoms with Crippen LogP contribution in [0.15, 0.2) is 0 Å². The average Bonchev–Trinajstić information content (AvgIpc) is 3.27. The molecule has 0 bridgehead atoms. The molecule has 0 radical (unpaired) electrons. The number of hydrogen-bond donors (Lipinski definition) is 1. The molecule has 1 N–H and O–H groups in total. The van der Waals surface area contributed by atoms with Gasteiger partial charge < -0.3 is 10.1 Å². The van der Waals surface area contributed by atoms with E-state index in [-0.39, 0.29) is 0 Å². The molecule has 3 rings (SSSR count). The summed E-state index contributed by atoms with van der Waals surface area (Å²) in [5.74, 6) is 0.936. The average molecular weight is 280 g/mol. The molecule has 3 nitrogen and oxygen atoms in total. The van der Waals surface area contributed by atoms with E-state index in [1.165, 1.54) is 51.6 Å². The maximum Gasteiger partial charge on any atom is 0.0619 e. The van der Waals surface area contributed by atoms with E-state index in [0.29, 0.717) is 11.5 Å². The molecule has 3 aliphatic rings. The summed E-state index contributed by atoms with van der Waals surface area (Å²) in [5, 5.41) is 3.83. The molecular weight excluding hydrogens is 248 g/mol. The number of rotatable bonds is 5. The second-order valence-corrected chi connectivity index (χ2v) is 7.73. The zero-order chi connectivity index (χ0) is 14.0. The Morgan fingerprint density at radius 1 is 1.15 bits per heavy atom. The largest absolute Gasteiger partial charge is 0.379 e. The second kappa shape index (κ2) is 6.33. The third kappa shape index (κ3) is 3.75. The quantitative estimate of drug-likeness (QED) is 0.838. The highest BCUT2D eigenvalue weighted by atomic mass is 16.5. The van der Waals surface area contributed by atoms with Crippen LogP contribution in [0.4, 0.5) is 0 Å². The molecule has 1 aliphatic heterocycles. The van der Waals surface area contributed by atoms with Gasteiger partial charge in [-0.2, -0.15) is 0 Å². The molecule has 1 unspecified atom stereocenters. The molecular formula is C17H32N2O. The number of ether oxygens (including phenoxy) is 1. The molecule has 3 fully saturated rings. The van der Waals surface area contributed by atoms with Crippen molar-refractivity contribution < 1.29 is 4.74 Å². The lowest BCUT2D eigenvalue weighted by molar-refractivity contribution is -0.0293. The second-order valence-electron chi connectivity index (χ2n) is 7.73. The zero-order valence-electron chi connectivity index (χ0n) is 13.4. The van der Waals surface area contributed by atoms with Gasteiger partial charge in [-0.1, -0.05) is 19.8 Å². The lowest BCUT2D eigenvalue weighted by Crippen LogP contribution is -2.52. The fourth-order valence-corrected chi connectivity index (χ4v) is 3.84. The van der Waals surface area contributed by atoms with Crippen molar-refractivity contribution in [1.82, 2.24) is 10.2 Å². The molecule has 0 amide bonds. The Balaban J connectivity index is 1.60. The predicted octanol–water partition coefficient (Wildman–Crippen LogP) is 2.66. The number of nitrogens with zero attached hydrogens (tertiary/aromatic N) is 1. The smallest absolute Gasteiger partial charge is 0.0619 e. The third-order valence-electron chi connectivity index (χ3n) is 5.72. The lowest BCUT2D eigenvalue weighted by Gasteiger charge is -2.45. The van der Waals surface area contributed by atoms with Crippen molar-refractivity contribution in [3.63, 3.8) is 0 Å². The van der Waals surface area contributed by atoms with Crippen LogP contribution in [-0.4, -0.2) is 49.8 Å². The Morgan fingerprint density at radius 3 is 2.55 bits per heavy atom. The van der Waals surface area contributed by atoms with Gasteiger partial charge >= 0.3 is 0 Å². The van der Waals surface area contributed by atoms with Gasteiger partial charge in [-0.3, -0.25) is 4.90 Å². The van der Waals surface area contributed by atoms with Crippen molar-refractivity contribution in [2.24, 2.45) is 11.3 Å². The summed E-state index contributed by atoms with van der Waals surface area (Å²) in [6, 6.07) is 1.44. The minimum absolute atomic E-state index is 0.528. The summed E-state index contributed by atoms with van der Waals surface area (Å²) in [4.78, 5) is 2.69. The highest BCUT2D eigenvalue weighted by Gasteiger charge is 2.38. The maximum absolute atomic E-state index is 5.60. The molecule has 1 heterocycles. The van der Waals surface area contributed by atoms with Gasteiger partial charge in [-0.05, 0) is 43.9 Å². The summed E-state index contributed by atoms with van der Waals surface area (Å²) < 4.78 is 5.60. The van der Waals surface area contributed by atoms with Gasteiger partial charge in [-0.25, -0.2) is 0 Å². The maximum atomic E-state index is 5.60. The summed E-state index contributed by atoms with van der Waals surface area (Å²) >= 11 is 0. The van der Waals surface area contributed by atoms with Crippen LogP contribution in [0, 0.1) is 11.3 Å². The standard InChI is InChI=1S/C17H32N2O/c1-14-5-7-17(8-6-14,12-18-16-3-4-16)13-19-9-10-20-11-15(19)2/h14-16,18H,3-13H2,1-2H3. The molecule has 1 atom stereocenters. The van der Waals surface area contributed by atoms with Gasteiger partial charge in [0.2, 0.25) is 0 Å². The molecule has 1 saturated heterocycles. The molecule has 0 spiro atoms. The van der Waals surface area contributed by atoms with Crippen LogP contribution in [0.1, 0.15) is 52.4 Å². The van der Waals surface area contributed by atoms with E-state index in [0.717, 1.165) is 31.7 Å². The molecule has 0 aromatic carbocycles. The van der Waals surface area contributed by atoms with Crippen molar-refractivity contribution in [3.8, 4) is 0 Å². The summed E-state index contributed by atoms with van der Waals surface area (Å²) in [6.45, 7) is 10.2. The molecule has 116 valence electrons. The minimum Gasteiger partial charge on any atom is -0.379 e.